The van der Waals surface area contributed by atoms with Crippen LogP contribution in [0.4, 0.5) is 5.69 Å². The molecule has 1 saturated carbocycles. The number of methoxy groups -OCH3 is 1. The maximum atomic E-state index is 13.0. The zero-order chi connectivity index (χ0) is 27.0. The highest BCUT2D eigenvalue weighted by Crippen LogP contribution is 2.47. The van der Waals surface area contributed by atoms with Gasteiger partial charge in [-0.2, -0.15) is 10.6 Å². The SMILES string of the molecule is COC1C=CCCC[S-](=O)=NC(=O)c2ccc3c(c2)N(CC2CCC21)CC1(CCCc2cc(Cl)ccc21)CO3. The highest BCUT2D eigenvalue weighted by molar-refractivity contribution is 7.75. The maximum absolute atomic E-state index is 13.0. The summed E-state index contributed by atoms with van der Waals surface area (Å²) in [5.74, 6) is 1.63. The van der Waals surface area contributed by atoms with Crippen molar-refractivity contribution in [1.29, 1.82) is 0 Å². The van der Waals surface area contributed by atoms with Crippen LogP contribution in [0.2, 0.25) is 5.02 Å². The molecule has 6 rings (SSSR count). The number of nitrogens with zero attached hydrogens (tertiary/aromatic N) is 2. The van der Waals surface area contributed by atoms with E-state index in [-0.39, 0.29) is 11.5 Å². The highest BCUT2D eigenvalue weighted by atomic mass is 35.5. The Bertz CT molecular complexity index is 1370. The molecule has 2 bridgehead atoms. The Labute approximate surface area is 237 Å². The molecule has 4 unspecified atom stereocenters. The van der Waals surface area contributed by atoms with Crippen molar-refractivity contribution >= 4 is 33.8 Å². The molecule has 1 amide bonds. The molecular formula is C31H36ClN2O4S-. The normalized spacial score (nSPS) is 29.4. The number of halogens is 1. The van der Waals surface area contributed by atoms with Gasteiger partial charge in [0.25, 0.3) is 5.91 Å². The molecule has 8 heteroatoms. The summed E-state index contributed by atoms with van der Waals surface area (Å²) in [6.07, 6.45) is 11.3. The van der Waals surface area contributed by atoms with Gasteiger partial charge in [-0.25, -0.2) is 0 Å². The Morgan fingerprint density at radius 2 is 2.08 bits per heavy atom. The van der Waals surface area contributed by atoms with Gasteiger partial charge in [-0.3, -0.25) is 4.79 Å². The third kappa shape index (κ3) is 5.38. The second-order valence-electron chi connectivity index (χ2n) is 11.5. The van der Waals surface area contributed by atoms with Crippen molar-refractivity contribution in [1.82, 2.24) is 0 Å². The van der Waals surface area contributed by atoms with Gasteiger partial charge < -0.3 is 22.9 Å². The molecular weight excluding hydrogens is 532 g/mol. The van der Waals surface area contributed by atoms with E-state index in [9.17, 15) is 9.00 Å². The first-order valence-electron chi connectivity index (χ1n) is 14.1. The van der Waals surface area contributed by atoms with E-state index in [1.165, 1.54) is 11.1 Å². The van der Waals surface area contributed by atoms with E-state index in [1.807, 2.05) is 18.2 Å². The van der Waals surface area contributed by atoms with E-state index in [2.05, 4.69) is 33.5 Å². The lowest BCUT2D eigenvalue weighted by Gasteiger charge is -2.46. The van der Waals surface area contributed by atoms with Crippen molar-refractivity contribution in [3.05, 3.63) is 70.3 Å². The fourth-order valence-electron chi connectivity index (χ4n) is 6.93. The predicted octanol–water partition coefficient (Wildman–Crippen LogP) is 6.49. The van der Waals surface area contributed by atoms with Crippen LogP contribution in [0.25, 0.3) is 0 Å². The summed E-state index contributed by atoms with van der Waals surface area (Å²) < 4.78 is 29.0. The minimum absolute atomic E-state index is 0.0639. The molecule has 0 aromatic heterocycles. The largest absolute Gasteiger partial charge is 0.490 e. The van der Waals surface area contributed by atoms with Crippen LogP contribution < -0.4 is 9.64 Å². The number of rotatable bonds is 1. The number of carbonyl (C=O) groups excluding carboxylic acids is 1. The van der Waals surface area contributed by atoms with Gasteiger partial charge in [-0.05, 0) is 91.8 Å². The molecule has 2 aromatic rings. The minimum atomic E-state index is -1.55. The summed E-state index contributed by atoms with van der Waals surface area (Å²) in [6.45, 7) is 2.23. The highest BCUT2D eigenvalue weighted by Gasteiger charge is 2.44. The maximum Gasteiger partial charge on any atom is 0.254 e. The van der Waals surface area contributed by atoms with Gasteiger partial charge in [0.1, 0.15) is 5.75 Å². The van der Waals surface area contributed by atoms with E-state index >= 15 is 0 Å². The average molecular weight is 568 g/mol. The Morgan fingerprint density at radius 1 is 1.18 bits per heavy atom. The Morgan fingerprint density at radius 3 is 2.90 bits per heavy atom. The number of fused-ring (bicyclic) bond motifs is 4. The van der Waals surface area contributed by atoms with Crippen LogP contribution in [0.15, 0.2) is 52.9 Å². The van der Waals surface area contributed by atoms with Crippen LogP contribution in [0.3, 0.4) is 0 Å². The second kappa shape index (κ2) is 11.3. The van der Waals surface area contributed by atoms with E-state index in [1.54, 1.807) is 13.2 Å². The number of aryl methyl sites for hydroxylation is 1. The van der Waals surface area contributed by atoms with Gasteiger partial charge in [0.05, 0.1) is 18.4 Å². The predicted molar refractivity (Wildman–Crippen MR) is 155 cm³/mol. The average Bonchev–Trinajstić information content (AvgIpc) is 3.06. The van der Waals surface area contributed by atoms with Gasteiger partial charge in [0.2, 0.25) is 0 Å². The first-order chi connectivity index (χ1) is 19.0. The van der Waals surface area contributed by atoms with Crippen molar-refractivity contribution < 1.29 is 18.5 Å². The molecule has 1 spiro atoms. The fourth-order valence-corrected chi connectivity index (χ4v) is 7.92. The van der Waals surface area contributed by atoms with Crippen molar-refractivity contribution in [2.45, 2.75) is 56.5 Å². The summed E-state index contributed by atoms with van der Waals surface area (Å²) in [5, 5.41) is 0.772. The molecule has 39 heavy (non-hydrogen) atoms. The quantitative estimate of drug-likeness (QED) is 0.291. The molecule has 0 saturated heterocycles. The Balaban J connectivity index is 1.43. The number of amides is 1. The molecule has 4 atom stereocenters. The zero-order valence-corrected chi connectivity index (χ0v) is 24.0. The minimum Gasteiger partial charge on any atom is -0.490 e. The lowest BCUT2D eigenvalue weighted by Crippen LogP contribution is -2.49. The number of carbonyl (C=O) groups is 1. The molecule has 6 nitrogen and oxygen atoms in total. The van der Waals surface area contributed by atoms with Crippen LogP contribution in [-0.4, -0.2) is 44.6 Å². The van der Waals surface area contributed by atoms with Crippen LogP contribution in [0.1, 0.15) is 60.0 Å². The van der Waals surface area contributed by atoms with Crippen molar-refractivity contribution in [2.24, 2.45) is 16.2 Å². The molecule has 4 aliphatic rings. The molecule has 208 valence electrons. The summed E-state index contributed by atoms with van der Waals surface area (Å²) in [6, 6.07) is 11.8. The van der Waals surface area contributed by atoms with Gasteiger partial charge >= 0.3 is 0 Å². The molecule has 0 radical (unpaired) electrons. The van der Waals surface area contributed by atoms with Gasteiger partial charge in [0.15, 0.2) is 0 Å². The summed E-state index contributed by atoms with van der Waals surface area (Å²) >= 11 is 6.39. The molecule has 2 heterocycles. The van der Waals surface area contributed by atoms with Crippen molar-refractivity contribution in [3.63, 3.8) is 0 Å². The van der Waals surface area contributed by atoms with Gasteiger partial charge in [-0.1, -0.05) is 42.0 Å². The van der Waals surface area contributed by atoms with E-state index in [0.717, 1.165) is 68.1 Å². The van der Waals surface area contributed by atoms with Crippen molar-refractivity contribution in [3.8, 4) is 5.75 Å². The fraction of sp³-hybridized carbons (Fsp3) is 0.516. The topological polar surface area (TPSA) is 68.2 Å². The molecule has 0 N–H and O–H groups in total. The lowest BCUT2D eigenvalue weighted by molar-refractivity contribution is 0.0132. The summed E-state index contributed by atoms with van der Waals surface area (Å²) in [7, 11) is 0.243. The second-order valence-corrected chi connectivity index (χ2v) is 13.2. The van der Waals surface area contributed by atoms with Crippen LogP contribution in [0.5, 0.6) is 5.75 Å². The molecule has 1 fully saturated rings. The summed E-state index contributed by atoms with van der Waals surface area (Å²) in [4.78, 5) is 15.5. The Kier molecular flexibility index (Phi) is 7.75. The van der Waals surface area contributed by atoms with Gasteiger partial charge in [-0.15, -0.1) is 0 Å². The van der Waals surface area contributed by atoms with Crippen LogP contribution in [-0.2, 0) is 31.4 Å². The smallest absolute Gasteiger partial charge is 0.254 e. The number of hydrogen-bond donors (Lipinski definition) is 0. The first-order valence-corrected chi connectivity index (χ1v) is 15.8. The van der Waals surface area contributed by atoms with Crippen LogP contribution in [0, 0.1) is 11.8 Å². The third-order valence-corrected chi connectivity index (χ3v) is 10.4. The van der Waals surface area contributed by atoms with E-state index in [0.29, 0.717) is 36.2 Å². The number of allylic oxidation sites excluding steroid dienone is 1. The first kappa shape index (κ1) is 26.9. The van der Waals surface area contributed by atoms with Gasteiger partial charge in [0, 0.05) is 36.2 Å². The number of anilines is 1. The zero-order valence-electron chi connectivity index (χ0n) is 22.4. The van der Waals surface area contributed by atoms with E-state index in [4.69, 9.17) is 21.1 Å². The molecule has 2 aromatic carbocycles. The lowest BCUT2D eigenvalue weighted by atomic mass is 9.68. The summed E-state index contributed by atoms with van der Waals surface area (Å²) in [5.41, 5.74) is 3.83. The molecule has 2 aliphatic heterocycles. The van der Waals surface area contributed by atoms with E-state index < -0.39 is 16.5 Å². The third-order valence-electron chi connectivity index (χ3n) is 9.11. The standard InChI is InChI=1S/C31H36ClN2O4S/c1-37-28-7-3-2-4-15-39(36)33-30(35)22-9-13-29-27(17-22)34(18-23-8-11-25(23)28)19-31(20-38-29)14-5-6-21-16-24(32)10-12-26(21)31/h3,7,9-10,12-13,16-17,23,25,28H,2,4-6,8,11,14-15,18-20H2,1H3/q-1. The monoisotopic (exact) mass is 567 g/mol. The molecule has 2 aliphatic carbocycles. The number of benzene rings is 2. The van der Waals surface area contributed by atoms with Crippen LogP contribution >= 0.6 is 11.6 Å². The number of ether oxygens (including phenoxy) is 2. The Hall–Kier alpha value is -2.35. The van der Waals surface area contributed by atoms with Crippen molar-refractivity contribution in [2.75, 3.05) is 37.5 Å². The number of hydrogen-bond acceptors (Lipinski definition) is 6.